The van der Waals surface area contributed by atoms with Crippen LogP contribution in [0.15, 0.2) is 0 Å². The number of hydrogen-bond donors (Lipinski definition) is 1. The van der Waals surface area contributed by atoms with Crippen molar-refractivity contribution in [3.8, 4) is 0 Å². The summed E-state index contributed by atoms with van der Waals surface area (Å²) < 4.78 is 24.0. The molecule has 74 valence electrons. The van der Waals surface area contributed by atoms with Crippen molar-refractivity contribution in [2.75, 3.05) is 17.8 Å². The molecule has 1 rings (SSSR count). The van der Waals surface area contributed by atoms with Crippen LogP contribution >= 0.6 is 11.8 Å². The van der Waals surface area contributed by atoms with Crippen molar-refractivity contribution in [1.29, 1.82) is 0 Å². The number of thioether (sulfide) groups is 1. The maximum atomic E-state index is 10.7. The van der Waals surface area contributed by atoms with Crippen molar-refractivity contribution in [1.82, 2.24) is 4.72 Å². The summed E-state index contributed by atoms with van der Waals surface area (Å²) in [4.78, 5) is 0. The van der Waals surface area contributed by atoms with Gasteiger partial charge in [-0.05, 0) is 6.92 Å². The Morgan fingerprint density at radius 2 is 1.75 bits per heavy atom. The molecule has 1 saturated heterocycles. The minimum Gasteiger partial charge on any atom is -0.213 e. The Morgan fingerprint density at radius 3 is 1.83 bits per heavy atom. The van der Waals surface area contributed by atoms with Crippen molar-refractivity contribution in [2.24, 2.45) is 0 Å². The first-order valence-corrected chi connectivity index (χ1v) is 7.03. The van der Waals surface area contributed by atoms with E-state index in [0.717, 1.165) is 11.5 Å². The summed E-state index contributed by atoms with van der Waals surface area (Å²) in [6.45, 7) is 5.92. The highest BCUT2D eigenvalue weighted by atomic mass is 32.2. The van der Waals surface area contributed by atoms with Crippen molar-refractivity contribution in [2.45, 2.75) is 26.3 Å². The predicted octanol–water partition coefficient (Wildman–Crippen LogP) is 1.07. The normalized spacial score (nSPS) is 20.3. The molecule has 0 aromatic rings. The van der Waals surface area contributed by atoms with Gasteiger partial charge in [-0.1, -0.05) is 13.8 Å². The molecule has 12 heavy (non-hydrogen) atoms. The van der Waals surface area contributed by atoms with E-state index in [1.807, 2.05) is 20.8 Å². The van der Waals surface area contributed by atoms with Gasteiger partial charge in [-0.15, -0.1) is 0 Å². The highest BCUT2D eigenvalue weighted by Gasteiger charge is 2.34. The zero-order chi connectivity index (χ0) is 9.83. The minimum absolute atomic E-state index is 0.168. The van der Waals surface area contributed by atoms with Crippen molar-refractivity contribution < 1.29 is 8.42 Å². The smallest absolute Gasteiger partial charge is 0.209 e. The third kappa shape index (κ3) is 4.33. The number of sulfonamides is 1. The van der Waals surface area contributed by atoms with Crippen LogP contribution in [0.3, 0.4) is 0 Å². The molecule has 1 fully saturated rings. The second-order valence-electron chi connectivity index (χ2n) is 2.93. The topological polar surface area (TPSA) is 46.2 Å². The first kappa shape index (κ1) is 12.3. The molecular weight excluding hydrogens is 194 g/mol. The van der Waals surface area contributed by atoms with E-state index in [2.05, 4.69) is 4.72 Å². The third-order valence-corrected chi connectivity index (χ3v) is 3.82. The Bertz CT molecular complexity index is 220. The fourth-order valence-electron chi connectivity index (χ4n) is 0.915. The van der Waals surface area contributed by atoms with Gasteiger partial charge >= 0.3 is 0 Å². The molecule has 0 unspecified atom stereocenters. The standard InChI is InChI=1S/C5H11NO2S2.C2H6/c1-5(3-9-4-5)6-10(2,7)8;1-2/h6H,3-4H2,1-2H3;1-2H3. The van der Waals surface area contributed by atoms with Crippen LogP contribution in [0.1, 0.15) is 20.8 Å². The molecular formula is C7H17NO2S2. The number of rotatable bonds is 2. The SMILES string of the molecule is CC.CC1(NS(C)(=O)=O)CSC1. The summed E-state index contributed by atoms with van der Waals surface area (Å²) in [5.41, 5.74) is -0.168. The van der Waals surface area contributed by atoms with E-state index in [0.29, 0.717) is 0 Å². The van der Waals surface area contributed by atoms with Crippen LogP contribution < -0.4 is 4.72 Å². The first-order chi connectivity index (χ1) is 5.41. The average Bonchev–Trinajstić information content (AvgIpc) is 1.86. The zero-order valence-electron chi connectivity index (χ0n) is 8.05. The van der Waals surface area contributed by atoms with Gasteiger partial charge in [0, 0.05) is 17.0 Å². The summed E-state index contributed by atoms with van der Waals surface area (Å²) in [7, 11) is -3.01. The summed E-state index contributed by atoms with van der Waals surface area (Å²) in [6, 6.07) is 0. The van der Waals surface area contributed by atoms with Crippen LogP contribution in [0.5, 0.6) is 0 Å². The molecule has 0 amide bonds. The van der Waals surface area contributed by atoms with Gasteiger partial charge in [0.2, 0.25) is 10.0 Å². The first-order valence-electron chi connectivity index (χ1n) is 3.98. The maximum Gasteiger partial charge on any atom is 0.209 e. The van der Waals surface area contributed by atoms with Gasteiger partial charge in [0.05, 0.1) is 6.26 Å². The lowest BCUT2D eigenvalue weighted by atomic mass is 10.1. The maximum absolute atomic E-state index is 10.7. The molecule has 1 aliphatic rings. The van der Waals surface area contributed by atoms with Gasteiger partial charge in [-0.25, -0.2) is 13.1 Å². The molecule has 0 spiro atoms. The van der Waals surface area contributed by atoms with Crippen LogP contribution in [-0.4, -0.2) is 31.7 Å². The van der Waals surface area contributed by atoms with Gasteiger partial charge in [0.25, 0.3) is 0 Å². The van der Waals surface area contributed by atoms with Gasteiger partial charge in [0.1, 0.15) is 0 Å². The lowest BCUT2D eigenvalue weighted by Gasteiger charge is -2.37. The Labute approximate surface area is 79.4 Å². The second-order valence-corrected chi connectivity index (χ2v) is 5.66. The monoisotopic (exact) mass is 211 g/mol. The van der Waals surface area contributed by atoms with Crippen LogP contribution in [0.4, 0.5) is 0 Å². The van der Waals surface area contributed by atoms with Gasteiger partial charge in [-0.3, -0.25) is 0 Å². The molecule has 0 bridgehead atoms. The summed E-state index contributed by atoms with van der Waals surface area (Å²) in [5, 5.41) is 0. The molecule has 0 aromatic carbocycles. The molecule has 0 atom stereocenters. The average molecular weight is 211 g/mol. The van der Waals surface area contributed by atoms with Crippen LogP contribution in [0.25, 0.3) is 0 Å². The summed E-state index contributed by atoms with van der Waals surface area (Å²) in [6.07, 6.45) is 1.20. The molecule has 3 nitrogen and oxygen atoms in total. The summed E-state index contributed by atoms with van der Waals surface area (Å²) >= 11 is 1.76. The molecule has 0 radical (unpaired) electrons. The third-order valence-electron chi connectivity index (χ3n) is 1.27. The fraction of sp³-hybridized carbons (Fsp3) is 1.00. The largest absolute Gasteiger partial charge is 0.213 e. The van der Waals surface area contributed by atoms with Crippen LogP contribution in [0, 0.1) is 0 Å². The quantitative estimate of drug-likeness (QED) is 0.743. The van der Waals surface area contributed by atoms with E-state index < -0.39 is 10.0 Å². The predicted molar refractivity (Wildman–Crippen MR) is 55.1 cm³/mol. The van der Waals surface area contributed by atoms with Crippen LogP contribution in [0.2, 0.25) is 0 Å². The summed E-state index contributed by atoms with van der Waals surface area (Å²) in [5.74, 6) is 1.78. The van der Waals surface area contributed by atoms with Gasteiger partial charge in [0.15, 0.2) is 0 Å². The number of nitrogens with one attached hydrogen (secondary N) is 1. The van der Waals surface area contributed by atoms with E-state index in [1.165, 1.54) is 6.26 Å². The molecule has 1 N–H and O–H groups in total. The van der Waals surface area contributed by atoms with Crippen molar-refractivity contribution >= 4 is 21.8 Å². The molecule has 1 heterocycles. The Balaban J connectivity index is 0.000000561. The molecule has 0 aromatic heterocycles. The minimum atomic E-state index is -3.01. The van der Waals surface area contributed by atoms with E-state index in [1.54, 1.807) is 11.8 Å². The van der Waals surface area contributed by atoms with E-state index >= 15 is 0 Å². The Morgan fingerprint density at radius 1 is 1.33 bits per heavy atom. The van der Waals surface area contributed by atoms with Gasteiger partial charge in [-0.2, -0.15) is 11.8 Å². The van der Waals surface area contributed by atoms with E-state index in [4.69, 9.17) is 0 Å². The lowest BCUT2D eigenvalue weighted by molar-refractivity contribution is 0.490. The molecule has 1 aliphatic heterocycles. The van der Waals surface area contributed by atoms with Crippen LogP contribution in [-0.2, 0) is 10.0 Å². The molecule has 0 saturated carbocycles. The zero-order valence-corrected chi connectivity index (χ0v) is 9.68. The molecule has 0 aliphatic carbocycles. The Kier molecular flexibility index (Phi) is 4.58. The molecule has 5 heteroatoms. The van der Waals surface area contributed by atoms with E-state index in [9.17, 15) is 8.42 Å². The van der Waals surface area contributed by atoms with Gasteiger partial charge < -0.3 is 0 Å². The lowest BCUT2D eigenvalue weighted by Crippen LogP contribution is -2.55. The van der Waals surface area contributed by atoms with E-state index in [-0.39, 0.29) is 5.54 Å². The number of hydrogen-bond acceptors (Lipinski definition) is 3. The fourth-order valence-corrected chi connectivity index (χ4v) is 3.10. The van der Waals surface area contributed by atoms with Crippen molar-refractivity contribution in [3.05, 3.63) is 0 Å². The highest BCUT2D eigenvalue weighted by Crippen LogP contribution is 2.28. The second kappa shape index (κ2) is 4.48. The highest BCUT2D eigenvalue weighted by molar-refractivity contribution is 8.01. The Hall–Kier alpha value is 0.260. The van der Waals surface area contributed by atoms with Crippen molar-refractivity contribution in [3.63, 3.8) is 0 Å².